The van der Waals surface area contributed by atoms with Gasteiger partial charge in [0.2, 0.25) is 0 Å². The molecule has 0 radical (unpaired) electrons. The molecule has 0 bridgehead atoms. The van der Waals surface area contributed by atoms with Crippen LogP contribution in [0.25, 0.3) is 6.08 Å². The summed E-state index contributed by atoms with van der Waals surface area (Å²) in [7, 11) is 0. The van der Waals surface area contributed by atoms with E-state index in [1.54, 1.807) is 18.2 Å². The molecule has 1 aromatic rings. The van der Waals surface area contributed by atoms with Crippen LogP contribution in [0.5, 0.6) is 5.75 Å². The molecule has 0 unspecified atom stereocenters. The summed E-state index contributed by atoms with van der Waals surface area (Å²) in [6.45, 7) is 1.91. The van der Waals surface area contributed by atoms with Gasteiger partial charge in [0.15, 0.2) is 0 Å². The molecule has 0 atom stereocenters. The second kappa shape index (κ2) is 3.10. The van der Waals surface area contributed by atoms with E-state index < -0.39 is 0 Å². The number of hydrogen-bond acceptors (Lipinski definition) is 2. The zero-order chi connectivity index (χ0) is 8.27. The van der Waals surface area contributed by atoms with Crippen molar-refractivity contribution in [3.63, 3.8) is 0 Å². The lowest BCUT2D eigenvalue weighted by atomic mass is 10.1. The summed E-state index contributed by atoms with van der Waals surface area (Å²) in [5.41, 5.74) is 7.15. The van der Waals surface area contributed by atoms with Gasteiger partial charge in [-0.15, -0.1) is 0 Å². The molecule has 0 aliphatic heterocycles. The van der Waals surface area contributed by atoms with E-state index in [0.717, 1.165) is 5.56 Å². The van der Waals surface area contributed by atoms with Crippen molar-refractivity contribution in [3.8, 4) is 5.75 Å². The normalized spacial score (nSPS) is 10.6. The molecule has 1 aromatic carbocycles. The first-order chi connectivity index (χ1) is 5.24. The third kappa shape index (κ3) is 1.74. The predicted molar refractivity (Wildman–Crippen MR) is 47.2 cm³/mol. The number of aromatic hydroxyl groups is 1. The molecule has 3 N–H and O–H groups in total. The van der Waals surface area contributed by atoms with Gasteiger partial charge in [-0.05, 0) is 25.1 Å². The number of anilines is 1. The summed E-state index contributed by atoms with van der Waals surface area (Å²) in [6, 6.07) is 4.89. The van der Waals surface area contributed by atoms with Crippen molar-refractivity contribution in [1.82, 2.24) is 0 Å². The van der Waals surface area contributed by atoms with E-state index in [0.29, 0.717) is 5.69 Å². The van der Waals surface area contributed by atoms with E-state index in [4.69, 9.17) is 10.8 Å². The monoisotopic (exact) mass is 149 g/mol. The van der Waals surface area contributed by atoms with Gasteiger partial charge in [0.1, 0.15) is 5.75 Å². The molecule has 0 aromatic heterocycles. The third-order valence-corrected chi connectivity index (χ3v) is 1.42. The Balaban J connectivity index is 3.12. The summed E-state index contributed by atoms with van der Waals surface area (Å²) in [5.74, 6) is 0.243. The molecule has 2 heteroatoms. The van der Waals surface area contributed by atoms with Gasteiger partial charge in [-0.1, -0.05) is 12.2 Å². The van der Waals surface area contributed by atoms with Crippen molar-refractivity contribution in [3.05, 3.63) is 29.8 Å². The number of hydrogen-bond donors (Lipinski definition) is 2. The van der Waals surface area contributed by atoms with Crippen LogP contribution in [-0.2, 0) is 0 Å². The molecule has 58 valence electrons. The highest BCUT2D eigenvalue weighted by molar-refractivity contribution is 5.65. The highest BCUT2D eigenvalue weighted by Gasteiger charge is 1.94. The number of phenols is 1. The zero-order valence-corrected chi connectivity index (χ0v) is 6.41. The van der Waals surface area contributed by atoms with Gasteiger partial charge in [-0.3, -0.25) is 0 Å². The van der Waals surface area contributed by atoms with E-state index in [9.17, 15) is 0 Å². The molecule has 2 nitrogen and oxygen atoms in total. The molecule has 0 spiro atoms. The Bertz CT molecular complexity index is 279. The van der Waals surface area contributed by atoms with Crippen LogP contribution in [0.2, 0.25) is 0 Å². The van der Waals surface area contributed by atoms with E-state index in [2.05, 4.69) is 0 Å². The molecule has 0 aliphatic rings. The van der Waals surface area contributed by atoms with Gasteiger partial charge >= 0.3 is 0 Å². The Labute approximate surface area is 66.0 Å². The Kier molecular flexibility index (Phi) is 2.16. The maximum Gasteiger partial charge on any atom is 0.116 e. The lowest BCUT2D eigenvalue weighted by molar-refractivity contribution is 0.475. The second-order valence-corrected chi connectivity index (χ2v) is 2.31. The fraction of sp³-hybridized carbons (Fsp3) is 0.111. The smallest absolute Gasteiger partial charge is 0.116 e. The first-order valence-corrected chi connectivity index (χ1v) is 3.45. The van der Waals surface area contributed by atoms with Gasteiger partial charge in [-0.2, -0.15) is 0 Å². The van der Waals surface area contributed by atoms with Crippen molar-refractivity contribution < 1.29 is 5.11 Å². The standard InChI is InChI=1S/C9H11NO/c1-2-3-7-6-8(11)4-5-9(7)10/h2-6,11H,10H2,1H3/b3-2-. The first kappa shape index (κ1) is 7.66. The Morgan fingerprint density at radius 1 is 1.45 bits per heavy atom. The van der Waals surface area contributed by atoms with Crippen LogP contribution in [-0.4, -0.2) is 5.11 Å². The fourth-order valence-corrected chi connectivity index (χ4v) is 0.886. The molecule has 0 aliphatic carbocycles. The fourth-order valence-electron chi connectivity index (χ4n) is 0.886. The van der Waals surface area contributed by atoms with E-state index in [1.807, 2.05) is 19.1 Å². The molecular weight excluding hydrogens is 138 g/mol. The zero-order valence-electron chi connectivity index (χ0n) is 6.41. The van der Waals surface area contributed by atoms with Crippen LogP contribution in [0.4, 0.5) is 5.69 Å². The highest BCUT2D eigenvalue weighted by Crippen LogP contribution is 2.19. The van der Waals surface area contributed by atoms with Crippen molar-refractivity contribution in [2.24, 2.45) is 0 Å². The molecular formula is C9H11NO. The third-order valence-electron chi connectivity index (χ3n) is 1.42. The van der Waals surface area contributed by atoms with Gasteiger partial charge in [0.25, 0.3) is 0 Å². The lowest BCUT2D eigenvalue weighted by Gasteiger charge is -1.99. The molecule has 1 rings (SSSR count). The number of benzene rings is 1. The minimum atomic E-state index is 0.243. The Hall–Kier alpha value is -1.44. The maximum atomic E-state index is 9.07. The van der Waals surface area contributed by atoms with Crippen LogP contribution in [0, 0.1) is 0 Å². The average Bonchev–Trinajstić information content (AvgIpc) is 1.98. The summed E-state index contributed by atoms with van der Waals surface area (Å²) in [4.78, 5) is 0. The van der Waals surface area contributed by atoms with E-state index in [1.165, 1.54) is 0 Å². The highest BCUT2D eigenvalue weighted by atomic mass is 16.3. The summed E-state index contributed by atoms with van der Waals surface area (Å²) >= 11 is 0. The molecule has 0 saturated carbocycles. The molecule has 0 amide bonds. The number of nitrogen functional groups attached to an aromatic ring is 1. The average molecular weight is 149 g/mol. The van der Waals surface area contributed by atoms with Crippen molar-refractivity contribution in [1.29, 1.82) is 0 Å². The van der Waals surface area contributed by atoms with Gasteiger partial charge in [0, 0.05) is 11.3 Å². The molecule has 0 saturated heterocycles. The van der Waals surface area contributed by atoms with E-state index >= 15 is 0 Å². The first-order valence-electron chi connectivity index (χ1n) is 3.45. The summed E-state index contributed by atoms with van der Waals surface area (Å²) in [5, 5.41) is 9.07. The Morgan fingerprint density at radius 2 is 2.18 bits per heavy atom. The minimum absolute atomic E-state index is 0.243. The molecule has 11 heavy (non-hydrogen) atoms. The van der Waals surface area contributed by atoms with Crippen LogP contribution < -0.4 is 5.73 Å². The summed E-state index contributed by atoms with van der Waals surface area (Å²) in [6.07, 6.45) is 3.74. The largest absolute Gasteiger partial charge is 0.508 e. The topological polar surface area (TPSA) is 46.2 Å². The number of phenolic OH excluding ortho intramolecular Hbond substituents is 1. The number of rotatable bonds is 1. The molecule has 0 heterocycles. The Morgan fingerprint density at radius 3 is 2.82 bits per heavy atom. The van der Waals surface area contributed by atoms with Crippen LogP contribution in [0.3, 0.4) is 0 Å². The second-order valence-electron chi connectivity index (χ2n) is 2.31. The van der Waals surface area contributed by atoms with Crippen LogP contribution in [0.15, 0.2) is 24.3 Å². The number of nitrogens with two attached hydrogens (primary N) is 1. The van der Waals surface area contributed by atoms with Crippen molar-refractivity contribution in [2.75, 3.05) is 5.73 Å². The van der Waals surface area contributed by atoms with Gasteiger partial charge < -0.3 is 10.8 Å². The maximum absolute atomic E-state index is 9.07. The van der Waals surface area contributed by atoms with Crippen molar-refractivity contribution >= 4 is 11.8 Å². The number of allylic oxidation sites excluding steroid dienone is 1. The molecule has 0 fully saturated rings. The lowest BCUT2D eigenvalue weighted by Crippen LogP contribution is -1.87. The predicted octanol–water partition coefficient (Wildman–Crippen LogP) is 2.01. The summed E-state index contributed by atoms with van der Waals surface area (Å²) < 4.78 is 0. The SMILES string of the molecule is C/C=C\c1cc(O)ccc1N. The van der Waals surface area contributed by atoms with Crippen molar-refractivity contribution in [2.45, 2.75) is 6.92 Å². The van der Waals surface area contributed by atoms with Gasteiger partial charge in [-0.25, -0.2) is 0 Å². The minimum Gasteiger partial charge on any atom is -0.508 e. The van der Waals surface area contributed by atoms with Gasteiger partial charge in [0.05, 0.1) is 0 Å². The van der Waals surface area contributed by atoms with E-state index in [-0.39, 0.29) is 5.75 Å². The quantitative estimate of drug-likeness (QED) is 0.474. The van der Waals surface area contributed by atoms with Crippen LogP contribution in [0.1, 0.15) is 12.5 Å². The van der Waals surface area contributed by atoms with Crippen LogP contribution >= 0.6 is 0 Å².